The van der Waals surface area contributed by atoms with Crippen LogP contribution in [0.4, 0.5) is 0 Å². The van der Waals surface area contributed by atoms with Crippen LogP contribution in [0.15, 0.2) is 9.98 Å². The van der Waals surface area contributed by atoms with Crippen LogP contribution in [-0.4, -0.2) is 18.3 Å². The molecule has 0 N–H and O–H groups in total. The molecule has 4 nitrogen and oxygen atoms in total. The van der Waals surface area contributed by atoms with Crippen LogP contribution in [0.25, 0.3) is 0 Å². The van der Waals surface area contributed by atoms with Gasteiger partial charge < -0.3 is 0 Å². The highest BCUT2D eigenvalue weighted by Gasteiger charge is 2.03. The SMILES string of the molecule is CCCCCCCCCCC(N=C=O)N=C=O. The summed E-state index contributed by atoms with van der Waals surface area (Å²) < 4.78 is 0. The Morgan fingerprint density at radius 3 is 1.76 bits per heavy atom. The van der Waals surface area contributed by atoms with E-state index < -0.39 is 6.17 Å². The molecule has 0 saturated heterocycles. The van der Waals surface area contributed by atoms with E-state index in [9.17, 15) is 9.59 Å². The first-order valence-corrected chi connectivity index (χ1v) is 6.49. The van der Waals surface area contributed by atoms with Gasteiger partial charge >= 0.3 is 0 Å². The normalized spacial score (nSPS) is 11.4. The Balaban J connectivity index is 3.42. The van der Waals surface area contributed by atoms with E-state index in [0.717, 1.165) is 12.8 Å². The Morgan fingerprint density at radius 1 is 0.824 bits per heavy atom. The van der Waals surface area contributed by atoms with Crippen molar-refractivity contribution in [2.45, 2.75) is 70.9 Å². The van der Waals surface area contributed by atoms with Crippen LogP contribution >= 0.6 is 0 Å². The van der Waals surface area contributed by atoms with Gasteiger partial charge in [-0.25, -0.2) is 9.59 Å². The Kier molecular flexibility index (Phi) is 11.9. The van der Waals surface area contributed by atoms with Gasteiger partial charge in [0.1, 0.15) is 0 Å². The predicted molar refractivity (Wildman–Crippen MR) is 67.3 cm³/mol. The van der Waals surface area contributed by atoms with Crippen LogP contribution in [0.5, 0.6) is 0 Å². The number of isocyanates is 2. The number of unbranched alkanes of at least 4 members (excludes halogenated alkanes) is 7. The van der Waals surface area contributed by atoms with Crippen molar-refractivity contribution >= 4 is 12.2 Å². The number of hydrogen-bond acceptors (Lipinski definition) is 4. The first kappa shape index (κ1) is 15.8. The first-order valence-electron chi connectivity index (χ1n) is 6.49. The molecular weight excluding hydrogens is 216 g/mol. The van der Waals surface area contributed by atoms with Crippen molar-refractivity contribution in [3.8, 4) is 0 Å². The van der Waals surface area contributed by atoms with Gasteiger partial charge in [-0.2, -0.15) is 9.98 Å². The first-order chi connectivity index (χ1) is 8.35. The summed E-state index contributed by atoms with van der Waals surface area (Å²) in [6.45, 7) is 2.21. The second-order valence-corrected chi connectivity index (χ2v) is 4.18. The second kappa shape index (κ2) is 12.8. The zero-order valence-electron chi connectivity index (χ0n) is 10.7. The van der Waals surface area contributed by atoms with Crippen LogP contribution < -0.4 is 0 Å². The van der Waals surface area contributed by atoms with Crippen LogP contribution in [0.3, 0.4) is 0 Å². The molecule has 0 aliphatic rings. The highest BCUT2D eigenvalue weighted by atomic mass is 16.1. The van der Waals surface area contributed by atoms with Crippen molar-refractivity contribution in [2.75, 3.05) is 0 Å². The largest absolute Gasteiger partial charge is 0.237 e. The van der Waals surface area contributed by atoms with Crippen LogP contribution in [0.2, 0.25) is 0 Å². The second-order valence-electron chi connectivity index (χ2n) is 4.18. The summed E-state index contributed by atoms with van der Waals surface area (Å²) in [5.41, 5.74) is 0. The van der Waals surface area contributed by atoms with Gasteiger partial charge in [0.25, 0.3) is 0 Å². The van der Waals surface area contributed by atoms with Crippen molar-refractivity contribution in [3.05, 3.63) is 0 Å². The minimum absolute atomic E-state index is 0.565. The molecule has 0 spiro atoms. The van der Waals surface area contributed by atoms with E-state index in [-0.39, 0.29) is 0 Å². The van der Waals surface area contributed by atoms with Crippen molar-refractivity contribution in [1.29, 1.82) is 0 Å². The minimum atomic E-state index is -0.565. The van der Waals surface area contributed by atoms with E-state index in [2.05, 4.69) is 16.9 Å². The third kappa shape index (κ3) is 11.0. The average molecular weight is 238 g/mol. The Bertz CT molecular complexity index is 249. The third-order valence-electron chi connectivity index (χ3n) is 2.72. The molecule has 0 rings (SSSR count). The molecule has 0 aliphatic heterocycles. The lowest BCUT2D eigenvalue weighted by atomic mass is 10.1. The smallest absolute Gasteiger partial charge is 0.211 e. The summed E-state index contributed by atoms with van der Waals surface area (Å²) in [6.07, 6.45) is 12.7. The molecule has 96 valence electrons. The molecule has 0 heterocycles. The van der Waals surface area contributed by atoms with E-state index >= 15 is 0 Å². The molecule has 17 heavy (non-hydrogen) atoms. The van der Waals surface area contributed by atoms with Crippen LogP contribution in [0.1, 0.15) is 64.7 Å². The van der Waals surface area contributed by atoms with Gasteiger partial charge in [-0.15, -0.1) is 0 Å². The molecule has 0 aromatic heterocycles. The van der Waals surface area contributed by atoms with Crippen molar-refractivity contribution < 1.29 is 9.59 Å². The van der Waals surface area contributed by atoms with Gasteiger partial charge in [0.15, 0.2) is 6.17 Å². The minimum Gasteiger partial charge on any atom is -0.211 e. The molecule has 4 heteroatoms. The van der Waals surface area contributed by atoms with E-state index in [1.54, 1.807) is 0 Å². The summed E-state index contributed by atoms with van der Waals surface area (Å²) in [6, 6.07) is 0. The third-order valence-corrected chi connectivity index (χ3v) is 2.72. The fraction of sp³-hybridized carbons (Fsp3) is 0.846. The van der Waals surface area contributed by atoms with E-state index in [4.69, 9.17) is 0 Å². The zero-order chi connectivity index (χ0) is 12.8. The molecule has 0 aliphatic carbocycles. The maximum Gasteiger partial charge on any atom is 0.237 e. The maximum atomic E-state index is 10.0. The highest BCUT2D eigenvalue weighted by molar-refractivity contribution is 5.36. The molecular formula is C13H22N2O2. The van der Waals surface area contributed by atoms with Crippen LogP contribution in [0, 0.1) is 0 Å². The topological polar surface area (TPSA) is 58.9 Å². The van der Waals surface area contributed by atoms with E-state index in [1.807, 2.05) is 0 Å². The van der Waals surface area contributed by atoms with Gasteiger partial charge in [0.2, 0.25) is 12.2 Å². The Hall–Kier alpha value is -1.24. The van der Waals surface area contributed by atoms with Gasteiger partial charge in [0.05, 0.1) is 0 Å². The summed E-state index contributed by atoms with van der Waals surface area (Å²) in [5, 5.41) is 0. The lowest BCUT2D eigenvalue weighted by Gasteiger charge is -2.03. The molecule has 0 fully saturated rings. The summed E-state index contributed by atoms with van der Waals surface area (Å²) in [7, 11) is 0. The molecule has 0 saturated carbocycles. The summed E-state index contributed by atoms with van der Waals surface area (Å²) >= 11 is 0. The average Bonchev–Trinajstić information content (AvgIpc) is 2.33. The number of rotatable bonds is 11. The predicted octanol–water partition coefficient (Wildman–Crippen LogP) is 3.51. The van der Waals surface area contributed by atoms with Gasteiger partial charge in [-0.3, -0.25) is 0 Å². The van der Waals surface area contributed by atoms with Crippen molar-refractivity contribution in [2.24, 2.45) is 9.98 Å². The van der Waals surface area contributed by atoms with Gasteiger partial charge in [-0.05, 0) is 12.8 Å². The van der Waals surface area contributed by atoms with E-state index in [1.165, 1.54) is 50.7 Å². The lowest BCUT2D eigenvalue weighted by molar-refractivity contribution is 0.517. The summed E-state index contributed by atoms with van der Waals surface area (Å²) in [5.74, 6) is 0. The van der Waals surface area contributed by atoms with Crippen molar-refractivity contribution in [1.82, 2.24) is 0 Å². The highest BCUT2D eigenvalue weighted by Crippen LogP contribution is 2.11. The van der Waals surface area contributed by atoms with Crippen molar-refractivity contribution in [3.63, 3.8) is 0 Å². The standard InChI is InChI=1S/C13H22N2O2/c1-2-3-4-5-6-7-8-9-10-13(14-11-16)15-12-17/h13H,2-10H2,1H3. The maximum absolute atomic E-state index is 10.0. The molecule has 0 aromatic carbocycles. The number of nitrogens with zero attached hydrogens (tertiary/aromatic N) is 2. The monoisotopic (exact) mass is 238 g/mol. The lowest BCUT2D eigenvalue weighted by Crippen LogP contribution is -1.99. The molecule has 0 aromatic rings. The van der Waals surface area contributed by atoms with Gasteiger partial charge in [-0.1, -0.05) is 51.9 Å². The fourth-order valence-electron chi connectivity index (χ4n) is 1.74. The quantitative estimate of drug-likeness (QED) is 0.314. The van der Waals surface area contributed by atoms with E-state index in [0.29, 0.717) is 6.42 Å². The fourth-order valence-corrected chi connectivity index (χ4v) is 1.74. The molecule has 0 unspecified atom stereocenters. The molecule has 0 bridgehead atoms. The molecule has 0 radical (unpaired) electrons. The molecule has 0 atom stereocenters. The molecule has 0 amide bonds. The Labute approximate surface area is 103 Å². The number of hydrogen-bond donors (Lipinski definition) is 0. The number of carbonyl (C=O) groups excluding carboxylic acids is 2. The summed E-state index contributed by atoms with van der Waals surface area (Å²) in [4.78, 5) is 27.0. The van der Waals surface area contributed by atoms with Crippen LogP contribution in [-0.2, 0) is 9.59 Å². The van der Waals surface area contributed by atoms with Gasteiger partial charge in [0, 0.05) is 0 Å². The number of aliphatic imine (C=N–C) groups is 2. The zero-order valence-corrected chi connectivity index (χ0v) is 10.7. The Morgan fingerprint density at radius 2 is 1.29 bits per heavy atom.